The first-order valence-electron chi connectivity index (χ1n) is 11.1. The van der Waals surface area contributed by atoms with E-state index in [2.05, 4.69) is 38.0 Å². The number of rotatable bonds is 16. The number of hydrogen-bond acceptors (Lipinski definition) is 8. The van der Waals surface area contributed by atoms with Gasteiger partial charge in [0.1, 0.15) is 12.5 Å². The zero-order valence-corrected chi connectivity index (χ0v) is 19.4. The van der Waals surface area contributed by atoms with Gasteiger partial charge in [-0.3, -0.25) is 0 Å². The van der Waals surface area contributed by atoms with E-state index in [9.17, 15) is 10.2 Å². The molecule has 176 valence electrons. The maximum absolute atomic E-state index is 9.60. The highest BCUT2D eigenvalue weighted by atomic mass is 16.5. The Labute approximate surface area is 184 Å². The van der Waals surface area contributed by atoms with E-state index in [4.69, 9.17) is 18.5 Å². The third kappa shape index (κ3) is 9.74. The van der Waals surface area contributed by atoms with E-state index < -0.39 is 0 Å². The van der Waals surface area contributed by atoms with Gasteiger partial charge in [0.15, 0.2) is 0 Å². The number of aromatic hydroxyl groups is 2. The van der Waals surface area contributed by atoms with E-state index in [1.165, 1.54) is 12.5 Å². The Morgan fingerprint density at radius 1 is 0.710 bits per heavy atom. The standard InChI is InChI=1S/C23H38N2O6/c1-22(2,14-18-16-30-24-20(18)26)8-5-10-28-12-7-13-29-11-6-9-23(3,4)15-19-17-31-25-21(19)27/h16-17H,5-15H2,1-4H3,(H,24,26)(H,25,27). The molecule has 0 aliphatic carbocycles. The molecule has 0 fully saturated rings. The molecule has 0 unspecified atom stereocenters. The number of hydrogen-bond donors (Lipinski definition) is 2. The Kier molecular flexibility index (Phi) is 9.84. The molecule has 0 bridgehead atoms. The molecule has 0 aromatic carbocycles. The van der Waals surface area contributed by atoms with Crippen LogP contribution in [0.5, 0.6) is 11.8 Å². The van der Waals surface area contributed by atoms with Gasteiger partial charge in [0.25, 0.3) is 11.8 Å². The average molecular weight is 439 g/mol. The van der Waals surface area contributed by atoms with Gasteiger partial charge in [-0.05, 0) is 66.1 Å². The zero-order valence-electron chi connectivity index (χ0n) is 19.4. The fourth-order valence-corrected chi connectivity index (χ4v) is 3.72. The van der Waals surface area contributed by atoms with E-state index in [-0.39, 0.29) is 22.6 Å². The van der Waals surface area contributed by atoms with Crippen molar-refractivity contribution in [3.8, 4) is 11.8 Å². The van der Waals surface area contributed by atoms with Crippen LogP contribution in [-0.2, 0) is 22.3 Å². The maximum Gasteiger partial charge on any atom is 0.254 e. The minimum Gasteiger partial charge on any atom is -0.491 e. The number of aromatic nitrogens is 2. The molecule has 0 spiro atoms. The Bertz CT molecular complexity index is 691. The Balaban J connectivity index is 1.43. The SMILES string of the molecule is CC(C)(CCCOCCCOCCCC(C)(C)Cc1conc1O)Cc1conc1O. The Hall–Kier alpha value is -2.06. The molecule has 2 aromatic heterocycles. The lowest BCUT2D eigenvalue weighted by Gasteiger charge is -2.23. The highest BCUT2D eigenvalue weighted by Crippen LogP contribution is 2.31. The smallest absolute Gasteiger partial charge is 0.254 e. The van der Waals surface area contributed by atoms with Crippen LogP contribution in [0, 0.1) is 10.8 Å². The predicted molar refractivity (Wildman–Crippen MR) is 116 cm³/mol. The number of nitrogens with zero attached hydrogens (tertiary/aromatic N) is 2. The van der Waals surface area contributed by atoms with E-state index in [0.717, 1.165) is 69.3 Å². The third-order valence-corrected chi connectivity index (χ3v) is 5.44. The molecule has 0 amide bonds. The van der Waals surface area contributed by atoms with Gasteiger partial charge in [-0.15, -0.1) is 0 Å². The minimum atomic E-state index is -0.0116. The van der Waals surface area contributed by atoms with Crippen molar-refractivity contribution in [2.45, 2.75) is 72.6 Å². The highest BCUT2D eigenvalue weighted by Gasteiger charge is 2.22. The van der Waals surface area contributed by atoms with Crippen molar-refractivity contribution in [3.05, 3.63) is 23.7 Å². The van der Waals surface area contributed by atoms with Crippen LogP contribution in [0.15, 0.2) is 21.6 Å². The zero-order chi connectivity index (χ0) is 22.7. The molecule has 2 rings (SSSR count). The third-order valence-electron chi connectivity index (χ3n) is 5.44. The van der Waals surface area contributed by atoms with Crippen LogP contribution in [0.1, 0.15) is 70.9 Å². The second kappa shape index (κ2) is 12.1. The van der Waals surface area contributed by atoms with Crippen molar-refractivity contribution in [1.82, 2.24) is 10.3 Å². The van der Waals surface area contributed by atoms with Crippen molar-refractivity contribution in [3.63, 3.8) is 0 Å². The highest BCUT2D eigenvalue weighted by molar-refractivity contribution is 5.21. The summed E-state index contributed by atoms with van der Waals surface area (Å²) < 4.78 is 21.0. The Morgan fingerprint density at radius 3 is 1.45 bits per heavy atom. The Morgan fingerprint density at radius 2 is 1.10 bits per heavy atom. The van der Waals surface area contributed by atoms with E-state index in [1.807, 2.05) is 0 Å². The van der Waals surface area contributed by atoms with Crippen molar-refractivity contribution >= 4 is 0 Å². The van der Waals surface area contributed by atoms with Crippen LogP contribution in [0.2, 0.25) is 0 Å². The molecule has 0 aliphatic heterocycles. The summed E-state index contributed by atoms with van der Waals surface area (Å²) in [6.45, 7) is 11.5. The normalized spacial score (nSPS) is 12.5. The monoisotopic (exact) mass is 438 g/mol. The lowest BCUT2D eigenvalue weighted by molar-refractivity contribution is 0.0736. The van der Waals surface area contributed by atoms with Crippen LogP contribution >= 0.6 is 0 Å². The van der Waals surface area contributed by atoms with Gasteiger partial charge in [0, 0.05) is 26.4 Å². The molecule has 0 aliphatic rings. The van der Waals surface area contributed by atoms with Gasteiger partial charge < -0.3 is 28.7 Å². The van der Waals surface area contributed by atoms with E-state index in [1.54, 1.807) is 0 Å². The molecule has 31 heavy (non-hydrogen) atoms. The second-order valence-electron chi connectivity index (χ2n) is 9.79. The van der Waals surface area contributed by atoms with Crippen LogP contribution in [0.4, 0.5) is 0 Å². The first-order chi connectivity index (χ1) is 14.7. The molecule has 0 atom stereocenters. The molecule has 8 nitrogen and oxygen atoms in total. The summed E-state index contributed by atoms with van der Waals surface area (Å²) in [6.07, 6.45) is 9.30. The van der Waals surface area contributed by atoms with Crippen LogP contribution in [-0.4, -0.2) is 47.0 Å². The topological polar surface area (TPSA) is 111 Å². The van der Waals surface area contributed by atoms with Gasteiger partial charge in [-0.2, -0.15) is 0 Å². The molecule has 2 N–H and O–H groups in total. The molecule has 0 radical (unpaired) electrons. The largest absolute Gasteiger partial charge is 0.491 e. The van der Waals surface area contributed by atoms with Crippen LogP contribution in [0.3, 0.4) is 0 Å². The van der Waals surface area contributed by atoms with Crippen LogP contribution < -0.4 is 0 Å². The minimum absolute atomic E-state index is 0.0116. The maximum atomic E-state index is 9.60. The van der Waals surface area contributed by atoms with Gasteiger partial charge in [0.2, 0.25) is 0 Å². The van der Waals surface area contributed by atoms with Crippen LogP contribution in [0.25, 0.3) is 0 Å². The molecule has 0 saturated heterocycles. The molecule has 0 saturated carbocycles. The lowest BCUT2D eigenvalue weighted by atomic mass is 9.82. The predicted octanol–water partition coefficient (Wildman–Crippen LogP) is 4.90. The molecule has 8 heteroatoms. The summed E-state index contributed by atoms with van der Waals surface area (Å²) >= 11 is 0. The molecule has 2 heterocycles. The first kappa shape index (κ1) is 25.2. The van der Waals surface area contributed by atoms with Crippen molar-refractivity contribution < 1.29 is 28.7 Å². The average Bonchev–Trinajstić information content (AvgIpc) is 3.27. The van der Waals surface area contributed by atoms with Crippen molar-refractivity contribution in [1.29, 1.82) is 0 Å². The summed E-state index contributed by atoms with van der Waals surface area (Å²) in [5.41, 5.74) is 1.61. The van der Waals surface area contributed by atoms with E-state index >= 15 is 0 Å². The lowest BCUT2D eigenvalue weighted by Crippen LogP contribution is -2.16. The molecule has 2 aromatic rings. The molecular weight excluding hydrogens is 400 g/mol. The fraction of sp³-hybridized carbons (Fsp3) is 0.739. The summed E-state index contributed by atoms with van der Waals surface area (Å²) in [5.74, 6) is -0.0232. The number of ether oxygens (including phenoxy) is 2. The summed E-state index contributed by atoms with van der Waals surface area (Å²) in [6, 6.07) is 0. The van der Waals surface area contributed by atoms with Gasteiger partial charge >= 0.3 is 0 Å². The van der Waals surface area contributed by atoms with Gasteiger partial charge in [-0.1, -0.05) is 27.7 Å². The summed E-state index contributed by atoms with van der Waals surface area (Å²) in [5, 5.41) is 26.2. The summed E-state index contributed by atoms with van der Waals surface area (Å²) in [4.78, 5) is 0. The summed E-state index contributed by atoms with van der Waals surface area (Å²) in [7, 11) is 0. The van der Waals surface area contributed by atoms with Gasteiger partial charge in [-0.25, -0.2) is 0 Å². The van der Waals surface area contributed by atoms with Crippen molar-refractivity contribution in [2.24, 2.45) is 10.8 Å². The molecular formula is C23H38N2O6. The van der Waals surface area contributed by atoms with Crippen molar-refractivity contribution in [2.75, 3.05) is 26.4 Å². The fourth-order valence-electron chi connectivity index (χ4n) is 3.72. The quantitative estimate of drug-likeness (QED) is 0.356. The second-order valence-corrected chi connectivity index (χ2v) is 9.79. The van der Waals surface area contributed by atoms with E-state index in [0.29, 0.717) is 13.2 Å². The first-order valence-corrected chi connectivity index (χ1v) is 11.1. The van der Waals surface area contributed by atoms with Gasteiger partial charge in [0.05, 0.1) is 11.1 Å².